The molecule has 0 aliphatic carbocycles. The van der Waals surface area contributed by atoms with Crippen LogP contribution in [0.3, 0.4) is 0 Å². The van der Waals surface area contributed by atoms with Gasteiger partial charge in [0.15, 0.2) is 0 Å². The highest BCUT2D eigenvalue weighted by Crippen LogP contribution is 2.14. The van der Waals surface area contributed by atoms with Crippen LogP contribution in [-0.4, -0.2) is 36.9 Å². The van der Waals surface area contributed by atoms with Crippen LogP contribution in [0.25, 0.3) is 0 Å². The van der Waals surface area contributed by atoms with E-state index in [1.807, 2.05) is 6.92 Å². The summed E-state index contributed by atoms with van der Waals surface area (Å²) in [4.78, 5) is 22.6. The standard InChI is InChI=1S/C14H18N2O4/c1-10(2)9-20-8-7-15-14(19)16-12-6-4-3-5-11(12)13(17)18/h3-6H,1,7-9H2,2H3,(H,17,18)(H2,15,16,19). The van der Waals surface area contributed by atoms with Crippen LogP contribution in [0.1, 0.15) is 17.3 Å². The van der Waals surface area contributed by atoms with E-state index in [1.165, 1.54) is 12.1 Å². The molecule has 0 aliphatic rings. The maximum Gasteiger partial charge on any atom is 0.337 e. The third-order valence-electron chi connectivity index (χ3n) is 2.29. The molecule has 0 heterocycles. The molecule has 108 valence electrons. The van der Waals surface area contributed by atoms with Gasteiger partial charge >= 0.3 is 12.0 Å². The topological polar surface area (TPSA) is 87.7 Å². The van der Waals surface area contributed by atoms with Gasteiger partial charge < -0.3 is 20.5 Å². The minimum absolute atomic E-state index is 0.0428. The van der Waals surface area contributed by atoms with Crippen LogP contribution in [0.15, 0.2) is 36.4 Å². The Kier molecular flexibility index (Phi) is 6.25. The molecule has 0 fully saturated rings. The van der Waals surface area contributed by atoms with E-state index >= 15 is 0 Å². The summed E-state index contributed by atoms with van der Waals surface area (Å²) in [7, 11) is 0. The summed E-state index contributed by atoms with van der Waals surface area (Å²) in [6, 6.07) is 5.72. The van der Waals surface area contributed by atoms with Gasteiger partial charge in [-0.05, 0) is 19.1 Å². The zero-order valence-corrected chi connectivity index (χ0v) is 11.3. The van der Waals surface area contributed by atoms with Crippen molar-refractivity contribution in [2.24, 2.45) is 0 Å². The second kappa shape index (κ2) is 7.96. The van der Waals surface area contributed by atoms with Crippen molar-refractivity contribution in [3.8, 4) is 0 Å². The first-order valence-corrected chi connectivity index (χ1v) is 6.10. The Balaban J connectivity index is 2.39. The smallest absolute Gasteiger partial charge is 0.337 e. The number of benzene rings is 1. The molecule has 0 radical (unpaired) electrons. The fourth-order valence-electron chi connectivity index (χ4n) is 1.43. The number of carbonyl (C=O) groups excluding carboxylic acids is 1. The van der Waals surface area contributed by atoms with Gasteiger partial charge in [-0.3, -0.25) is 0 Å². The minimum atomic E-state index is -1.09. The second-order valence-electron chi connectivity index (χ2n) is 4.24. The number of aromatic carboxylic acids is 1. The molecule has 20 heavy (non-hydrogen) atoms. The van der Waals surface area contributed by atoms with Crippen LogP contribution < -0.4 is 10.6 Å². The number of amides is 2. The molecular formula is C14H18N2O4. The van der Waals surface area contributed by atoms with E-state index in [2.05, 4.69) is 17.2 Å². The van der Waals surface area contributed by atoms with Gasteiger partial charge in [-0.2, -0.15) is 0 Å². The molecule has 6 heteroatoms. The van der Waals surface area contributed by atoms with E-state index in [4.69, 9.17) is 9.84 Å². The molecule has 0 saturated heterocycles. The van der Waals surface area contributed by atoms with Crippen molar-refractivity contribution in [1.82, 2.24) is 5.32 Å². The highest BCUT2D eigenvalue weighted by Gasteiger charge is 2.10. The molecule has 3 N–H and O–H groups in total. The second-order valence-corrected chi connectivity index (χ2v) is 4.24. The molecule has 1 aromatic carbocycles. The molecule has 0 unspecified atom stereocenters. The average molecular weight is 278 g/mol. The van der Waals surface area contributed by atoms with Gasteiger partial charge in [0.05, 0.1) is 24.5 Å². The van der Waals surface area contributed by atoms with Crippen molar-refractivity contribution in [1.29, 1.82) is 0 Å². The zero-order chi connectivity index (χ0) is 15.0. The summed E-state index contributed by atoms with van der Waals surface area (Å²) >= 11 is 0. The van der Waals surface area contributed by atoms with Crippen LogP contribution in [0, 0.1) is 0 Å². The van der Waals surface area contributed by atoms with E-state index in [1.54, 1.807) is 12.1 Å². The number of rotatable bonds is 7. The zero-order valence-electron chi connectivity index (χ0n) is 11.3. The average Bonchev–Trinajstić information content (AvgIpc) is 2.38. The highest BCUT2D eigenvalue weighted by atomic mass is 16.5. The van der Waals surface area contributed by atoms with Crippen molar-refractivity contribution in [2.75, 3.05) is 25.1 Å². The van der Waals surface area contributed by atoms with Crippen LogP contribution in [-0.2, 0) is 4.74 Å². The molecule has 0 atom stereocenters. The Morgan fingerprint density at radius 2 is 2.05 bits per heavy atom. The minimum Gasteiger partial charge on any atom is -0.478 e. The summed E-state index contributed by atoms with van der Waals surface area (Å²) in [6.07, 6.45) is 0. The molecule has 2 amide bonds. The molecule has 0 aromatic heterocycles. The molecule has 0 saturated carbocycles. The first-order valence-electron chi connectivity index (χ1n) is 6.10. The van der Waals surface area contributed by atoms with Gasteiger partial charge in [-0.15, -0.1) is 0 Å². The van der Waals surface area contributed by atoms with Gasteiger partial charge in [-0.25, -0.2) is 9.59 Å². The van der Waals surface area contributed by atoms with Gasteiger partial charge in [0.2, 0.25) is 0 Å². The predicted octanol–water partition coefficient (Wildman–Crippen LogP) is 2.10. The first-order chi connectivity index (χ1) is 9.50. The highest BCUT2D eigenvalue weighted by molar-refractivity contribution is 5.99. The van der Waals surface area contributed by atoms with Crippen LogP contribution >= 0.6 is 0 Å². The fraction of sp³-hybridized carbons (Fsp3) is 0.286. The predicted molar refractivity (Wildman–Crippen MR) is 76.1 cm³/mol. The van der Waals surface area contributed by atoms with E-state index < -0.39 is 12.0 Å². The van der Waals surface area contributed by atoms with Crippen molar-refractivity contribution < 1.29 is 19.4 Å². The maximum absolute atomic E-state index is 11.6. The maximum atomic E-state index is 11.6. The Morgan fingerprint density at radius 3 is 2.70 bits per heavy atom. The van der Waals surface area contributed by atoms with Crippen molar-refractivity contribution in [3.63, 3.8) is 0 Å². The lowest BCUT2D eigenvalue weighted by Crippen LogP contribution is -2.32. The Labute approximate surface area is 117 Å². The normalized spacial score (nSPS) is 9.85. The number of para-hydroxylation sites is 1. The van der Waals surface area contributed by atoms with Crippen LogP contribution in [0.4, 0.5) is 10.5 Å². The number of nitrogens with one attached hydrogen (secondary N) is 2. The van der Waals surface area contributed by atoms with Gasteiger partial charge in [0.25, 0.3) is 0 Å². The molecule has 1 rings (SSSR count). The lowest BCUT2D eigenvalue weighted by Gasteiger charge is -2.10. The number of anilines is 1. The third-order valence-corrected chi connectivity index (χ3v) is 2.29. The Bertz CT molecular complexity index is 500. The summed E-state index contributed by atoms with van der Waals surface area (Å²) < 4.78 is 5.22. The van der Waals surface area contributed by atoms with E-state index in [9.17, 15) is 9.59 Å². The summed E-state index contributed by atoms with van der Waals surface area (Å²) in [5.41, 5.74) is 1.20. The molecule has 0 spiro atoms. The van der Waals surface area contributed by atoms with Crippen molar-refractivity contribution in [2.45, 2.75) is 6.92 Å². The lowest BCUT2D eigenvalue weighted by molar-refractivity contribution is 0.0698. The van der Waals surface area contributed by atoms with Gasteiger partial charge in [0.1, 0.15) is 0 Å². The number of hydrogen-bond acceptors (Lipinski definition) is 3. The van der Waals surface area contributed by atoms with Crippen molar-refractivity contribution in [3.05, 3.63) is 42.0 Å². The van der Waals surface area contributed by atoms with E-state index in [-0.39, 0.29) is 11.3 Å². The SMILES string of the molecule is C=C(C)COCCNC(=O)Nc1ccccc1C(=O)O. The van der Waals surface area contributed by atoms with E-state index in [0.29, 0.717) is 19.8 Å². The molecular weight excluding hydrogens is 260 g/mol. The quantitative estimate of drug-likeness (QED) is 0.526. The molecule has 0 bridgehead atoms. The van der Waals surface area contributed by atoms with Crippen molar-refractivity contribution >= 4 is 17.7 Å². The molecule has 6 nitrogen and oxygen atoms in total. The van der Waals surface area contributed by atoms with E-state index in [0.717, 1.165) is 5.57 Å². The Hall–Kier alpha value is -2.34. The number of ether oxygens (including phenoxy) is 1. The number of urea groups is 1. The first kappa shape index (κ1) is 15.7. The summed E-state index contributed by atoms with van der Waals surface area (Å²) in [6.45, 7) is 6.68. The molecule has 0 aliphatic heterocycles. The number of carbonyl (C=O) groups is 2. The van der Waals surface area contributed by atoms with Gasteiger partial charge in [-0.1, -0.05) is 24.3 Å². The monoisotopic (exact) mass is 278 g/mol. The van der Waals surface area contributed by atoms with Crippen LogP contribution in [0.2, 0.25) is 0 Å². The van der Waals surface area contributed by atoms with Crippen LogP contribution in [0.5, 0.6) is 0 Å². The summed E-state index contributed by atoms with van der Waals surface area (Å²) in [5, 5.41) is 14.0. The fourth-order valence-corrected chi connectivity index (χ4v) is 1.43. The largest absolute Gasteiger partial charge is 0.478 e. The number of hydrogen-bond donors (Lipinski definition) is 3. The summed E-state index contributed by atoms with van der Waals surface area (Å²) in [5.74, 6) is -1.09. The number of carboxylic acid groups (broad SMARTS) is 1. The molecule has 1 aromatic rings. The lowest BCUT2D eigenvalue weighted by atomic mass is 10.2. The third kappa shape index (κ3) is 5.53. The Morgan fingerprint density at radius 1 is 1.35 bits per heavy atom. The number of carboxylic acids is 1. The van der Waals surface area contributed by atoms with Gasteiger partial charge in [0, 0.05) is 6.54 Å².